The Balaban J connectivity index is 1.24. The normalized spacial score (nSPS) is 19.8. The molecule has 0 saturated carbocycles. The number of amides is 2. The molecular formula is C29H31N3O2. The van der Waals surface area contributed by atoms with Crippen LogP contribution in [-0.4, -0.2) is 65.3 Å². The Hall–Kier alpha value is -3.28. The Labute approximate surface area is 201 Å². The highest BCUT2D eigenvalue weighted by Crippen LogP contribution is 2.30. The number of imide groups is 1. The van der Waals surface area contributed by atoms with Crippen LogP contribution in [0.2, 0.25) is 0 Å². The Morgan fingerprint density at radius 2 is 1.24 bits per heavy atom. The van der Waals surface area contributed by atoms with Crippen LogP contribution in [0.1, 0.15) is 29.2 Å². The number of nitrogens with zero attached hydrogens (tertiary/aromatic N) is 3. The van der Waals surface area contributed by atoms with Crippen molar-refractivity contribution in [3.05, 3.63) is 108 Å². The van der Waals surface area contributed by atoms with Crippen molar-refractivity contribution in [1.29, 1.82) is 0 Å². The minimum absolute atomic E-state index is 0.0305. The summed E-state index contributed by atoms with van der Waals surface area (Å²) in [5, 5.41) is 0. The number of likely N-dealkylation sites (tertiary alicyclic amines) is 1. The topological polar surface area (TPSA) is 43.9 Å². The van der Waals surface area contributed by atoms with Crippen molar-refractivity contribution in [3.8, 4) is 0 Å². The van der Waals surface area contributed by atoms with Crippen LogP contribution in [-0.2, 0) is 16.0 Å². The van der Waals surface area contributed by atoms with Gasteiger partial charge in [0.2, 0.25) is 11.8 Å². The van der Waals surface area contributed by atoms with E-state index in [9.17, 15) is 9.59 Å². The van der Waals surface area contributed by atoms with E-state index in [1.165, 1.54) is 16.0 Å². The van der Waals surface area contributed by atoms with E-state index in [-0.39, 0.29) is 23.9 Å². The summed E-state index contributed by atoms with van der Waals surface area (Å²) in [6.07, 6.45) is 1.00. The van der Waals surface area contributed by atoms with E-state index in [1.54, 1.807) is 0 Å². The third-order valence-electron chi connectivity index (χ3n) is 7.07. The molecule has 1 atom stereocenters. The van der Waals surface area contributed by atoms with Crippen molar-refractivity contribution in [2.45, 2.75) is 24.9 Å². The summed E-state index contributed by atoms with van der Waals surface area (Å²) in [7, 11) is 0. The third kappa shape index (κ3) is 4.81. The molecule has 5 rings (SSSR count). The van der Waals surface area contributed by atoms with Crippen LogP contribution in [0.25, 0.3) is 0 Å². The fraction of sp³-hybridized carbons (Fsp3) is 0.310. The maximum Gasteiger partial charge on any atom is 0.247 e. The maximum atomic E-state index is 13.1. The lowest BCUT2D eigenvalue weighted by Gasteiger charge is -2.41. The quantitative estimate of drug-likeness (QED) is 0.511. The van der Waals surface area contributed by atoms with Gasteiger partial charge in [0.05, 0.1) is 18.5 Å². The molecule has 5 heteroatoms. The van der Waals surface area contributed by atoms with E-state index in [1.807, 2.05) is 30.3 Å². The summed E-state index contributed by atoms with van der Waals surface area (Å²) in [6, 6.07) is 31.1. The summed E-state index contributed by atoms with van der Waals surface area (Å²) in [4.78, 5) is 32.0. The molecular weight excluding hydrogens is 422 g/mol. The van der Waals surface area contributed by atoms with Crippen LogP contribution in [0.5, 0.6) is 0 Å². The average molecular weight is 454 g/mol. The number of hydrogen-bond donors (Lipinski definition) is 0. The van der Waals surface area contributed by atoms with Gasteiger partial charge in [-0.1, -0.05) is 91.0 Å². The molecule has 2 saturated heterocycles. The Morgan fingerprint density at radius 3 is 1.79 bits per heavy atom. The summed E-state index contributed by atoms with van der Waals surface area (Å²) >= 11 is 0. The minimum atomic E-state index is -0.322. The predicted molar refractivity (Wildman–Crippen MR) is 133 cm³/mol. The minimum Gasteiger partial charge on any atom is -0.290 e. The zero-order valence-electron chi connectivity index (χ0n) is 19.4. The van der Waals surface area contributed by atoms with E-state index in [4.69, 9.17) is 0 Å². The molecule has 174 valence electrons. The first-order chi connectivity index (χ1) is 16.7. The Bertz CT molecular complexity index is 1060. The molecule has 5 nitrogen and oxygen atoms in total. The fourth-order valence-corrected chi connectivity index (χ4v) is 5.26. The largest absolute Gasteiger partial charge is 0.290 e. The number of piperazine rings is 1. The van der Waals surface area contributed by atoms with Gasteiger partial charge < -0.3 is 0 Å². The molecule has 3 aromatic rings. The first-order valence-corrected chi connectivity index (χ1v) is 12.2. The molecule has 2 aliphatic heterocycles. The molecule has 0 aliphatic carbocycles. The zero-order valence-corrected chi connectivity index (χ0v) is 19.4. The van der Waals surface area contributed by atoms with Crippen LogP contribution in [0.4, 0.5) is 0 Å². The molecule has 2 heterocycles. The lowest BCUT2D eigenvalue weighted by molar-refractivity contribution is -0.139. The van der Waals surface area contributed by atoms with Gasteiger partial charge in [-0.25, -0.2) is 0 Å². The second-order valence-electron chi connectivity index (χ2n) is 9.13. The van der Waals surface area contributed by atoms with Gasteiger partial charge >= 0.3 is 0 Å². The van der Waals surface area contributed by atoms with Crippen molar-refractivity contribution in [2.24, 2.45) is 0 Å². The van der Waals surface area contributed by atoms with Crippen LogP contribution in [0.15, 0.2) is 91.0 Å². The molecule has 0 N–H and O–H groups in total. The van der Waals surface area contributed by atoms with Gasteiger partial charge in [-0.2, -0.15) is 0 Å². The second-order valence-corrected chi connectivity index (χ2v) is 9.13. The monoisotopic (exact) mass is 453 g/mol. The van der Waals surface area contributed by atoms with Crippen molar-refractivity contribution < 1.29 is 9.59 Å². The Kier molecular flexibility index (Phi) is 6.84. The van der Waals surface area contributed by atoms with Crippen LogP contribution in [0.3, 0.4) is 0 Å². The molecule has 2 fully saturated rings. The standard InChI is InChI=1S/C29H31N3O2/c33-27-22-26(29(34)32(27)17-16-23-10-4-1-5-11-23)30-18-20-31(21-19-30)28(24-12-6-2-7-13-24)25-14-8-3-9-15-25/h1-15,26,28H,16-22H2. The van der Waals surface area contributed by atoms with E-state index in [0.29, 0.717) is 19.4 Å². The van der Waals surface area contributed by atoms with E-state index < -0.39 is 0 Å². The van der Waals surface area contributed by atoms with Gasteiger partial charge in [0.25, 0.3) is 0 Å². The van der Waals surface area contributed by atoms with E-state index >= 15 is 0 Å². The van der Waals surface area contributed by atoms with Gasteiger partial charge in [-0.15, -0.1) is 0 Å². The number of hydrogen-bond acceptors (Lipinski definition) is 4. The van der Waals surface area contributed by atoms with Gasteiger partial charge in [0.15, 0.2) is 0 Å². The van der Waals surface area contributed by atoms with Gasteiger partial charge in [-0.05, 0) is 23.1 Å². The van der Waals surface area contributed by atoms with Gasteiger partial charge in [-0.3, -0.25) is 24.3 Å². The molecule has 1 unspecified atom stereocenters. The van der Waals surface area contributed by atoms with Crippen molar-refractivity contribution in [2.75, 3.05) is 32.7 Å². The number of carbonyl (C=O) groups excluding carboxylic acids is 2. The number of benzene rings is 3. The van der Waals surface area contributed by atoms with E-state index in [2.05, 4.69) is 70.5 Å². The molecule has 3 aromatic carbocycles. The summed E-state index contributed by atoms with van der Waals surface area (Å²) in [5.41, 5.74) is 3.70. The molecule has 2 aliphatic rings. The van der Waals surface area contributed by atoms with Gasteiger partial charge in [0, 0.05) is 32.7 Å². The molecule has 0 aromatic heterocycles. The molecule has 2 amide bonds. The number of rotatable bonds is 7. The second kappa shape index (κ2) is 10.3. The first kappa shape index (κ1) is 22.5. The molecule has 34 heavy (non-hydrogen) atoms. The van der Waals surface area contributed by atoms with E-state index in [0.717, 1.165) is 31.7 Å². The molecule has 0 bridgehead atoms. The average Bonchev–Trinajstić information content (AvgIpc) is 3.18. The smallest absolute Gasteiger partial charge is 0.247 e. The third-order valence-corrected chi connectivity index (χ3v) is 7.07. The molecule has 0 spiro atoms. The van der Waals surface area contributed by atoms with Crippen molar-refractivity contribution in [1.82, 2.24) is 14.7 Å². The fourth-order valence-electron chi connectivity index (χ4n) is 5.26. The Morgan fingerprint density at radius 1 is 0.706 bits per heavy atom. The highest BCUT2D eigenvalue weighted by atomic mass is 16.2. The summed E-state index contributed by atoms with van der Waals surface area (Å²) in [6.45, 7) is 3.74. The maximum absolute atomic E-state index is 13.1. The predicted octanol–water partition coefficient (Wildman–Crippen LogP) is 3.76. The SMILES string of the molecule is O=C1CC(N2CCN(C(c3ccccc3)c3ccccc3)CC2)C(=O)N1CCc1ccccc1. The van der Waals surface area contributed by atoms with Crippen LogP contribution < -0.4 is 0 Å². The summed E-state index contributed by atoms with van der Waals surface area (Å²) < 4.78 is 0. The summed E-state index contributed by atoms with van der Waals surface area (Å²) in [5.74, 6) is -0.0724. The van der Waals surface area contributed by atoms with Crippen molar-refractivity contribution >= 4 is 11.8 Å². The van der Waals surface area contributed by atoms with Gasteiger partial charge in [0.1, 0.15) is 0 Å². The zero-order chi connectivity index (χ0) is 23.3. The highest BCUT2D eigenvalue weighted by molar-refractivity contribution is 6.05. The molecule has 0 radical (unpaired) electrons. The lowest BCUT2D eigenvalue weighted by atomic mass is 9.96. The van der Waals surface area contributed by atoms with Crippen LogP contribution in [0, 0.1) is 0 Å². The highest BCUT2D eigenvalue weighted by Gasteiger charge is 2.42. The lowest BCUT2D eigenvalue weighted by Crippen LogP contribution is -2.53. The van der Waals surface area contributed by atoms with Crippen molar-refractivity contribution in [3.63, 3.8) is 0 Å². The van der Waals surface area contributed by atoms with Crippen LogP contribution >= 0.6 is 0 Å². The first-order valence-electron chi connectivity index (χ1n) is 12.2. The number of carbonyl (C=O) groups is 2.